The molecule has 0 spiro atoms. The molecule has 3 aromatic heterocycles. The zero-order valence-electron chi connectivity index (χ0n) is 21.6. The van der Waals surface area contributed by atoms with Gasteiger partial charge in [0.15, 0.2) is 0 Å². The summed E-state index contributed by atoms with van der Waals surface area (Å²) in [6.45, 7) is 0. The number of nitrogens with zero attached hydrogens (tertiary/aromatic N) is 3. The fourth-order valence-electron chi connectivity index (χ4n) is 5.05. The average Bonchev–Trinajstić information content (AvgIpc) is 3.54. The molecule has 3 heterocycles. The van der Waals surface area contributed by atoms with Crippen LogP contribution in [0.25, 0.3) is 16.6 Å². The Labute approximate surface area is 236 Å². The summed E-state index contributed by atoms with van der Waals surface area (Å²) in [4.78, 5) is 8.95. The predicted octanol–water partition coefficient (Wildman–Crippen LogP) is 7.10. The van der Waals surface area contributed by atoms with E-state index in [4.69, 9.17) is 21.3 Å². The van der Waals surface area contributed by atoms with Crippen LogP contribution in [-0.2, 0) is 12.0 Å². The maximum Gasteiger partial charge on any atom is 0.218 e. The van der Waals surface area contributed by atoms with Crippen LogP contribution in [-0.4, -0.2) is 26.8 Å². The number of aliphatic hydroxyl groups is 1. The highest BCUT2D eigenvalue weighted by Crippen LogP contribution is 2.40. The molecule has 6 rings (SSSR count). The maximum absolute atomic E-state index is 13.8. The first-order valence-electron chi connectivity index (χ1n) is 12.7. The largest absolute Gasteiger partial charge is 0.481 e. The van der Waals surface area contributed by atoms with E-state index in [1.54, 1.807) is 55.9 Å². The van der Waals surface area contributed by atoms with Gasteiger partial charge in [0.05, 0.1) is 17.6 Å². The molecule has 1 N–H and O–H groups in total. The minimum atomic E-state index is -1.60. The molecule has 6 aromatic rings. The first kappa shape index (κ1) is 25.7. The highest BCUT2D eigenvalue weighted by molar-refractivity contribution is 6.36. The van der Waals surface area contributed by atoms with Crippen molar-refractivity contribution < 1.29 is 14.2 Å². The molecule has 0 bridgehead atoms. The third kappa shape index (κ3) is 4.62. The summed E-state index contributed by atoms with van der Waals surface area (Å²) in [7, 11) is 1.58. The van der Waals surface area contributed by atoms with Crippen LogP contribution in [0.1, 0.15) is 27.8 Å². The number of ether oxygens (including phenoxy) is 1. The van der Waals surface area contributed by atoms with Crippen LogP contribution < -0.4 is 4.74 Å². The Hall–Kier alpha value is -4.52. The smallest absolute Gasteiger partial charge is 0.218 e. The van der Waals surface area contributed by atoms with Gasteiger partial charge in [-0.2, -0.15) is 0 Å². The normalized spacial score (nSPS) is 12.8. The molecule has 198 valence electrons. The Morgan fingerprint density at radius 2 is 1.62 bits per heavy atom. The van der Waals surface area contributed by atoms with E-state index in [9.17, 15) is 9.50 Å². The lowest BCUT2D eigenvalue weighted by molar-refractivity contribution is 0.125. The number of halogens is 2. The molecule has 5 nitrogen and oxygen atoms in total. The molecule has 0 saturated carbocycles. The first-order valence-corrected chi connectivity index (χ1v) is 13.1. The van der Waals surface area contributed by atoms with Crippen LogP contribution in [0.15, 0.2) is 116 Å². The molecule has 40 heavy (non-hydrogen) atoms. The van der Waals surface area contributed by atoms with Gasteiger partial charge in [-0.3, -0.25) is 4.98 Å². The summed E-state index contributed by atoms with van der Waals surface area (Å²) >= 11 is 7.06. The highest BCUT2D eigenvalue weighted by atomic mass is 35.5. The van der Waals surface area contributed by atoms with E-state index in [2.05, 4.69) is 29.2 Å². The second-order valence-corrected chi connectivity index (χ2v) is 9.92. The second-order valence-electron chi connectivity index (χ2n) is 9.54. The molecule has 1 unspecified atom stereocenters. The zero-order valence-corrected chi connectivity index (χ0v) is 22.4. The lowest BCUT2D eigenvalue weighted by Crippen LogP contribution is -2.29. The highest BCUT2D eigenvalue weighted by Gasteiger charge is 2.35. The van der Waals surface area contributed by atoms with Gasteiger partial charge in [-0.15, -0.1) is 0 Å². The molecule has 0 aliphatic rings. The summed E-state index contributed by atoms with van der Waals surface area (Å²) in [5.74, 6) is 0.0574. The number of methoxy groups -OCH3 is 1. The number of benzene rings is 3. The summed E-state index contributed by atoms with van der Waals surface area (Å²) in [5, 5.41) is 13.4. The van der Waals surface area contributed by atoms with Crippen molar-refractivity contribution in [2.24, 2.45) is 0 Å². The van der Waals surface area contributed by atoms with Crippen LogP contribution in [0, 0.1) is 5.82 Å². The van der Waals surface area contributed by atoms with Crippen molar-refractivity contribution in [1.82, 2.24) is 14.5 Å². The predicted molar refractivity (Wildman–Crippen MR) is 155 cm³/mol. The van der Waals surface area contributed by atoms with Crippen molar-refractivity contribution in [2.45, 2.75) is 12.0 Å². The quantitative estimate of drug-likeness (QED) is 0.231. The van der Waals surface area contributed by atoms with E-state index in [1.807, 2.05) is 35.2 Å². The van der Waals surface area contributed by atoms with Gasteiger partial charge in [0.2, 0.25) is 5.88 Å². The molecule has 0 amide bonds. The molecule has 0 radical (unpaired) electrons. The van der Waals surface area contributed by atoms with Crippen LogP contribution >= 0.6 is 11.6 Å². The van der Waals surface area contributed by atoms with E-state index in [-0.39, 0.29) is 5.82 Å². The number of rotatable bonds is 7. The third-order valence-corrected chi connectivity index (χ3v) is 7.58. The molecule has 7 heteroatoms. The number of fused-ring (bicyclic) bond motifs is 1. The number of hydrogen-bond acceptors (Lipinski definition) is 4. The van der Waals surface area contributed by atoms with Crippen molar-refractivity contribution >= 4 is 22.5 Å². The molecular formula is C33H25ClFN3O2. The molecule has 3 aromatic carbocycles. The van der Waals surface area contributed by atoms with E-state index in [0.29, 0.717) is 44.9 Å². The Bertz CT molecular complexity index is 1770. The second kappa shape index (κ2) is 10.6. The summed E-state index contributed by atoms with van der Waals surface area (Å²) in [6.07, 6.45) is 7.74. The van der Waals surface area contributed by atoms with Crippen molar-refractivity contribution in [2.75, 3.05) is 7.11 Å². The van der Waals surface area contributed by atoms with Crippen LogP contribution in [0.5, 0.6) is 5.88 Å². The lowest BCUT2D eigenvalue weighted by Gasteiger charge is -2.30. The molecule has 0 saturated heterocycles. The van der Waals surface area contributed by atoms with Gasteiger partial charge in [-0.1, -0.05) is 48.0 Å². The van der Waals surface area contributed by atoms with E-state index in [1.165, 1.54) is 12.1 Å². The van der Waals surface area contributed by atoms with Gasteiger partial charge < -0.3 is 14.4 Å². The SMILES string of the molecule is COc1nc2ccc(C(O)(c3ccc(F)cc3)c3cccnc3)cc2c(Cl)c1Cc1ccc(-n2cccc2)cc1. The fourth-order valence-corrected chi connectivity index (χ4v) is 5.35. The van der Waals surface area contributed by atoms with Crippen LogP contribution in [0.4, 0.5) is 4.39 Å². The Kier molecular flexibility index (Phi) is 6.80. The Balaban J connectivity index is 1.46. The van der Waals surface area contributed by atoms with E-state index < -0.39 is 5.60 Å². The van der Waals surface area contributed by atoms with Gasteiger partial charge in [0.1, 0.15) is 11.4 Å². The number of hydrogen-bond donors (Lipinski definition) is 1. The summed E-state index contributed by atoms with van der Waals surface area (Å²) in [6, 6.07) is 27.0. The standard InChI is InChI=1S/C33H25ClFN3O2/c1-40-32-29(19-22-6-13-27(14-7-22)38-17-2-3-18-38)31(34)28-20-24(10-15-30(28)37-32)33(39,25-5-4-16-36-21-25)23-8-11-26(35)12-9-23/h2-18,20-21,39H,19H2,1H3. The van der Waals surface area contributed by atoms with Gasteiger partial charge in [-0.25, -0.2) is 9.37 Å². The van der Waals surface area contributed by atoms with Gasteiger partial charge in [0, 0.05) is 53.4 Å². The van der Waals surface area contributed by atoms with Crippen LogP contribution in [0.3, 0.4) is 0 Å². The van der Waals surface area contributed by atoms with Crippen LogP contribution in [0.2, 0.25) is 5.02 Å². The minimum Gasteiger partial charge on any atom is -0.481 e. The monoisotopic (exact) mass is 549 g/mol. The molecule has 0 aliphatic carbocycles. The topological polar surface area (TPSA) is 60.2 Å². The van der Waals surface area contributed by atoms with Gasteiger partial charge >= 0.3 is 0 Å². The fraction of sp³-hybridized carbons (Fsp3) is 0.0909. The molecule has 0 aliphatic heterocycles. The first-order chi connectivity index (χ1) is 19.5. The van der Waals surface area contributed by atoms with E-state index >= 15 is 0 Å². The average molecular weight is 550 g/mol. The van der Waals surface area contributed by atoms with Gasteiger partial charge in [0.25, 0.3) is 0 Å². The van der Waals surface area contributed by atoms with Crippen molar-refractivity contribution in [1.29, 1.82) is 0 Å². The third-order valence-electron chi connectivity index (χ3n) is 7.15. The van der Waals surface area contributed by atoms with Crippen molar-refractivity contribution in [3.8, 4) is 11.6 Å². The number of aromatic nitrogens is 3. The van der Waals surface area contributed by atoms with Crippen molar-refractivity contribution in [3.63, 3.8) is 0 Å². The number of pyridine rings is 2. The van der Waals surface area contributed by atoms with Gasteiger partial charge in [-0.05, 0) is 71.3 Å². The molecule has 1 atom stereocenters. The summed E-state index contributed by atoms with van der Waals surface area (Å²) in [5.41, 5.74) is 3.47. The maximum atomic E-state index is 13.8. The molecule has 0 fully saturated rings. The van der Waals surface area contributed by atoms with Crippen molar-refractivity contribution in [3.05, 3.63) is 154 Å². The minimum absolute atomic E-state index is 0.388. The Morgan fingerprint density at radius 3 is 2.30 bits per heavy atom. The zero-order chi connectivity index (χ0) is 27.7. The molecular weight excluding hydrogens is 525 g/mol. The lowest BCUT2D eigenvalue weighted by atomic mass is 9.80. The summed E-state index contributed by atoms with van der Waals surface area (Å²) < 4.78 is 21.5. The Morgan fingerprint density at radius 1 is 0.900 bits per heavy atom. The van der Waals surface area contributed by atoms with E-state index in [0.717, 1.165) is 16.8 Å².